The van der Waals surface area contributed by atoms with Gasteiger partial charge in [0.15, 0.2) is 0 Å². The maximum absolute atomic E-state index is 11.2. The first kappa shape index (κ1) is 13.7. The molecule has 0 radical (unpaired) electrons. The molecule has 0 spiro atoms. The number of carbonyl (C=O) groups excluding carboxylic acids is 2. The highest BCUT2D eigenvalue weighted by atomic mass is 16.6. The highest BCUT2D eigenvalue weighted by Gasteiger charge is 2.15. The van der Waals surface area contributed by atoms with Crippen LogP contribution in [-0.4, -0.2) is 24.0 Å². The van der Waals surface area contributed by atoms with Gasteiger partial charge in [0.25, 0.3) is 0 Å². The summed E-state index contributed by atoms with van der Waals surface area (Å²) < 4.78 is 5.10. The predicted octanol–water partition coefficient (Wildman–Crippen LogP) is 1.41. The number of hydrogen-bond acceptors (Lipinski definition) is 3. The van der Waals surface area contributed by atoms with Gasteiger partial charge in [-0.05, 0) is 33.3 Å². The van der Waals surface area contributed by atoms with E-state index in [1.807, 2.05) is 20.8 Å². The van der Waals surface area contributed by atoms with Crippen molar-refractivity contribution in [2.45, 2.75) is 39.2 Å². The molecule has 1 amide bonds. The van der Waals surface area contributed by atoms with E-state index in [0.29, 0.717) is 19.4 Å². The molecule has 0 rings (SSSR count). The first-order valence-corrected chi connectivity index (χ1v) is 4.97. The topological polar surface area (TPSA) is 55.4 Å². The number of esters is 1. The molecule has 86 valence electrons. The molecule has 0 unspecified atom stereocenters. The molecule has 0 aromatic rings. The highest BCUT2D eigenvalue weighted by Crippen LogP contribution is 2.08. The molecule has 0 aromatic heterocycles. The summed E-state index contributed by atoms with van der Waals surface area (Å²) in [7, 11) is 0. The molecular weight excluding hydrogens is 194 g/mol. The van der Waals surface area contributed by atoms with E-state index in [4.69, 9.17) is 4.74 Å². The van der Waals surface area contributed by atoms with Gasteiger partial charge in [0.2, 0.25) is 5.91 Å². The standard InChI is InChI=1S/C11H19NO3/c1-5-9(13)12-8-6-7-10(14)15-11(2,3)4/h5H,1,6-8H2,2-4H3,(H,12,13). The van der Waals surface area contributed by atoms with Crippen LogP contribution in [0.3, 0.4) is 0 Å². The lowest BCUT2D eigenvalue weighted by Gasteiger charge is -2.19. The zero-order valence-electron chi connectivity index (χ0n) is 9.63. The van der Waals surface area contributed by atoms with Crippen LogP contribution in [0.1, 0.15) is 33.6 Å². The normalized spacial score (nSPS) is 10.6. The van der Waals surface area contributed by atoms with Crippen molar-refractivity contribution in [1.82, 2.24) is 5.32 Å². The smallest absolute Gasteiger partial charge is 0.306 e. The van der Waals surface area contributed by atoms with Gasteiger partial charge in [0.05, 0.1) is 0 Å². The van der Waals surface area contributed by atoms with Gasteiger partial charge in [-0.3, -0.25) is 9.59 Å². The van der Waals surface area contributed by atoms with Crippen molar-refractivity contribution in [2.24, 2.45) is 0 Å². The molecule has 0 aliphatic heterocycles. The van der Waals surface area contributed by atoms with E-state index >= 15 is 0 Å². The van der Waals surface area contributed by atoms with Crippen molar-refractivity contribution >= 4 is 11.9 Å². The lowest BCUT2D eigenvalue weighted by Crippen LogP contribution is -2.26. The van der Waals surface area contributed by atoms with E-state index in [2.05, 4.69) is 11.9 Å². The SMILES string of the molecule is C=CC(=O)NCCCC(=O)OC(C)(C)C. The van der Waals surface area contributed by atoms with Crippen LogP contribution in [0.4, 0.5) is 0 Å². The minimum atomic E-state index is -0.443. The molecule has 0 atom stereocenters. The van der Waals surface area contributed by atoms with Gasteiger partial charge in [-0.25, -0.2) is 0 Å². The summed E-state index contributed by atoms with van der Waals surface area (Å²) in [4.78, 5) is 22.0. The molecule has 4 heteroatoms. The zero-order valence-corrected chi connectivity index (χ0v) is 9.63. The third kappa shape index (κ3) is 9.00. The summed E-state index contributed by atoms with van der Waals surface area (Å²) >= 11 is 0. The highest BCUT2D eigenvalue weighted by molar-refractivity contribution is 5.86. The molecule has 1 N–H and O–H groups in total. The molecule has 0 heterocycles. The zero-order chi connectivity index (χ0) is 11.9. The van der Waals surface area contributed by atoms with Crippen LogP contribution in [0.15, 0.2) is 12.7 Å². The summed E-state index contributed by atoms with van der Waals surface area (Å²) in [6.07, 6.45) is 2.09. The van der Waals surface area contributed by atoms with E-state index in [-0.39, 0.29) is 11.9 Å². The number of carbonyl (C=O) groups is 2. The fourth-order valence-corrected chi connectivity index (χ4v) is 0.909. The molecular formula is C11H19NO3. The largest absolute Gasteiger partial charge is 0.460 e. The van der Waals surface area contributed by atoms with Crippen molar-refractivity contribution < 1.29 is 14.3 Å². The second-order valence-corrected chi connectivity index (χ2v) is 4.19. The summed E-state index contributed by atoms with van der Waals surface area (Å²) in [6, 6.07) is 0. The van der Waals surface area contributed by atoms with Crippen LogP contribution in [-0.2, 0) is 14.3 Å². The second kappa shape index (κ2) is 6.22. The predicted molar refractivity (Wildman–Crippen MR) is 58.3 cm³/mol. The third-order valence-electron chi connectivity index (χ3n) is 1.46. The van der Waals surface area contributed by atoms with E-state index in [1.54, 1.807) is 0 Å². The average molecular weight is 213 g/mol. The van der Waals surface area contributed by atoms with Crippen LogP contribution in [0.5, 0.6) is 0 Å². The molecule has 0 aromatic carbocycles. The lowest BCUT2D eigenvalue weighted by atomic mass is 10.2. The van der Waals surface area contributed by atoms with Crippen LogP contribution in [0.25, 0.3) is 0 Å². The molecule has 4 nitrogen and oxygen atoms in total. The quantitative estimate of drug-likeness (QED) is 0.427. The Morgan fingerprint density at radius 3 is 2.47 bits per heavy atom. The average Bonchev–Trinajstić information content (AvgIpc) is 2.09. The molecule has 0 fully saturated rings. The summed E-state index contributed by atoms with van der Waals surface area (Å²) in [5.74, 6) is -0.463. The van der Waals surface area contributed by atoms with Crippen LogP contribution < -0.4 is 5.32 Å². The van der Waals surface area contributed by atoms with Crippen LogP contribution in [0.2, 0.25) is 0 Å². The lowest BCUT2D eigenvalue weighted by molar-refractivity contribution is -0.154. The fourth-order valence-electron chi connectivity index (χ4n) is 0.909. The number of rotatable bonds is 5. The molecule has 0 saturated carbocycles. The van der Waals surface area contributed by atoms with Gasteiger partial charge >= 0.3 is 5.97 Å². The number of ether oxygens (including phenoxy) is 1. The Bertz CT molecular complexity index is 241. The van der Waals surface area contributed by atoms with E-state index in [0.717, 1.165) is 0 Å². The van der Waals surface area contributed by atoms with Crippen molar-refractivity contribution in [1.29, 1.82) is 0 Å². The van der Waals surface area contributed by atoms with Gasteiger partial charge in [-0.1, -0.05) is 6.58 Å². The Hall–Kier alpha value is -1.32. The van der Waals surface area contributed by atoms with Crippen LogP contribution >= 0.6 is 0 Å². The Kier molecular flexibility index (Phi) is 5.67. The van der Waals surface area contributed by atoms with Gasteiger partial charge in [0.1, 0.15) is 5.60 Å². The maximum atomic E-state index is 11.2. The molecule has 15 heavy (non-hydrogen) atoms. The van der Waals surface area contributed by atoms with E-state index < -0.39 is 5.60 Å². The van der Waals surface area contributed by atoms with Crippen molar-refractivity contribution in [3.63, 3.8) is 0 Å². The van der Waals surface area contributed by atoms with E-state index in [9.17, 15) is 9.59 Å². The number of hydrogen-bond donors (Lipinski definition) is 1. The second-order valence-electron chi connectivity index (χ2n) is 4.19. The Labute approximate surface area is 90.7 Å². The van der Waals surface area contributed by atoms with Gasteiger partial charge in [-0.15, -0.1) is 0 Å². The first-order valence-electron chi connectivity index (χ1n) is 4.97. The Morgan fingerprint density at radius 2 is 2.00 bits per heavy atom. The monoisotopic (exact) mass is 213 g/mol. The van der Waals surface area contributed by atoms with E-state index in [1.165, 1.54) is 6.08 Å². The third-order valence-corrected chi connectivity index (χ3v) is 1.46. The first-order chi connectivity index (χ1) is 6.85. The minimum absolute atomic E-state index is 0.223. The molecule has 0 aliphatic rings. The maximum Gasteiger partial charge on any atom is 0.306 e. The summed E-state index contributed by atoms with van der Waals surface area (Å²) in [5.41, 5.74) is -0.443. The van der Waals surface area contributed by atoms with Gasteiger partial charge in [0, 0.05) is 13.0 Å². The van der Waals surface area contributed by atoms with Crippen LogP contribution in [0, 0.1) is 0 Å². The molecule has 0 aliphatic carbocycles. The number of amides is 1. The Balaban J connectivity index is 3.56. The van der Waals surface area contributed by atoms with Gasteiger partial charge in [-0.2, -0.15) is 0 Å². The van der Waals surface area contributed by atoms with Crippen molar-refractivity contribution in [3.05, 3.63) is 12.7 Å². The summed E-state index contributed by atoms with van der Waals surface area (Å²) in [6.45, 7) is 9.25. The number of nitrogens with one attached hydrogen (secondary N) is 1. The Morgan fingerprint density at radius 1 is 1.40 bits per heavy atom. The molecule has 0 saturated heterocycles. The fraction of sp³-hybridized carbons (Fsp3) is 0.636. The minimum Gasteiger partial charge on any atom is -0.460 e. The summed E-state index contributed by atoms with van der Waals surface area (Å²) in [5, 5.41) is 2.59. The molecule has 0 bridgehead atoms. The van der Waals surface area contributed by atoms with Crippen molar-refractivity contribution in [2.75, 3.05) is 6.54 Å². The van der Waals surface area contributed by atoms with Gasteiger partial charge < -0.3 is 10.1 Å². The van der Waals surface area contributed by atoms with Crippen molar-refractivity contribution in [3.8, 4) is 0 Å².